The predicted molar refractivity (Wildman–Crippen MR) is 101 cm³/mol. The zero-order valence-electron chi connectivity index (χ0n) is 14.2. The van der Waals surface area contributed by atoms with Gasteiger partial charge in [-0.2, -0.15) is 0 Å². The fourth-order valence-electron chi connectivity index (χ4n) is 2.50. The molecule has 0 unspecified atom stereocenters. The highest BCUT2D eigenvalue weighted by Crippen LogP contribution is 2.17. The van der Waals surface area contributed by atoms with Crippen molar-refractivity contribution in [3.63, 3.8) is 0 Å². The van der Waals surface area contributed by atoms with E-state index in [2.05, 4.69) is 12.2 Å². The third-order valence-corrected chi connectivity index (χ3v) is 3.96. The summed E-state index contributed by atoms with van der Waals surface area (Å²) in [7, 11) is 0. The van der Waals surface area contributed by atoms with Crippen LogP contribution in [0.1, 0.15) is 28.4 Å². The van der Waals surface area contributed by atoms with E-state index in [1.54, 1.807) is 12.1 Å². The molecule has 25 heavy (non-hydrogen) atoms. The Bertz CT molecular complexity index is 826. The van der Waals surface area contributed by atoms with E-state index in [0.29, 0.717) is 17.9 Å². The molecule has 3 nitrogen and oxygen atoms in total. The lowest BCUT2D eigenvalue weighted by Gasteiger charge is -2.09. The molecule has 0 radical (unpaired) electrons. The summed E-state index contributed by atoms with van der Waals surface area (Å²) in [6, 6.07) is 25.1. The van der Waals surface area contributed by atoms with E-state index in [1.165, 1.54) is 5.56 Å². The number of amides is 1. The number of anilines is 1. The van der Waals surface area contributed by atoms with Crippen LogP contribution in [0.15, 0.2) is 78.9 Å². The van der Waals surface area contributed by atoms with Crippen LogP contribution in [0, 0.1) is 0 Å². The minimum Gasteiger partial charge on any atom is -0.489 e. The average molecular weight is 331 g/mol. The Kier molecular flexibility index (Phi) is 5.47. The number of carbonyl (C=O) groups is 1. The van der Waals surface area contributed by atoms with Crippen molar-refractivity contribution >= 4 is 11.6 Å². The van der Waals surface area contributed by atoms with E-state index in [1.807, 2.05) is 66.7 Å². The highest BCUT2D eigenvalue weighted by molar-refractivity contribution is 6.04. The predicted octanol–water partition coefficient (Wildman–Crippen LogP) is 5.08. The molecule has 3 heteroatoms. The fraction of sp³-hybridized carbons (Fsp3) is 0.136. The first-order chi connectivity index (χ1) is 12.2. The van der Waals surface area contributed by atoms with E-state index < -0.39 is 0 Å². The second kappa shape index (κ2) is 8.15. The minimum absolute atomic E-state index is 0.144. The quantitative estimate of drug-likeness (QED) is 0.684. The highest BCUT2D eigenvalue weighted by atomic mass is 16.5. The topological polar surface area (TPSA) is 38.3 Å². The lowest BCUT2D eigenvalue weighted by molar-refractivity contribution is 0.102. The highest BCUT2D eigenvalue weighted by Gasteiger charge is 2.07. The lowest BCUT2D eigenvalue weighted by atomic mass is 10.1. The summed E-state index contributed by atoms with van der Waals surface area (Å²) in [6.45, 7) is 2.58. The molecule has 1 amide bonds. The Morgan fingerprint density at radius 2 is 1.64 bits per heavy atom. The van der Waals surface area contributed by atoms with Gasteiger partial charge < -0.3 is 10.1 Å². The molecular formula is C22H21NO2. The standard InChI is InChI=1S/C22H21NO2/c1-2-17-11-13-20(14-12-17)23-22(24)19-9-6-10-21(15-19)25-16-18-7-4-3-5-8-18/h3-15H,2,16H2,1H3,(H,23,24). The van der Waals surface area contributed by atoms with Crippen molar-refractivity contribution < 1.29 is 9.53 Å². The SMILES string of the molecule is CCc1ccc(NC(=O)c2cccc(OCc3ccccc3)c2)cc1. The van der Waals surface area contributed by atoms with E-state index in [0.717, 1.165) is 17.7 Å². The fourth-order valence-corrected chi connectivity index (χ4v) is 2.50. The molecule has 0 aromatic heterocycles. The molecule has 0 spiro atoms. The van der Waals surface area contributed by atoms with Crippen LogP contribution in [0.3, 0.4) is 0 Å². The van der Waals surface area contributed by atoms with Crippen LogP contribution >= 0.6 is 0 Å². The number of carbonyl (C=O) groups excluding carboxylic acids is 1. The molecular weight excluding hydrogens is 310 g/mol. The smallest absolute Gasteiger partial charge is 0.255 e. The van der Waals surface area contributed by atoms with E-state index in [4.69, 9.17) is 4.74 Å². The van der Waals surface area contributed by atoms with Crippen molar-refractivity contribution in [2.45, 2.75) is 20.0 Å². The molecule has 3 aromatic rings. The number of benzene rings is 3. The second-order valence-electron chi connectivity index (χ2n) is 5.81. The summed E-state index contributed by atoms with van der Waals surface area (Å²) in [5.41, 5.74) is 3.70. The van der Waals surface area contributed by atoms with Gasteiger partial charge in [0.15, 0.2) is 0 Å². The average Bonchev–Trinajstić information content (AvgIpc) is 2.68. The third kappa shape index (κ3) is 4.70. The second-order valence-corrected chi connectivity index (χ2v) is 5.81. The van der Waals surface area contributed by atoms with E-state index in [9.17, 15) is 4.79 Å². The van der Waals surface area contributed by atoms with Crippen molar-refractivity contribution in [2.24, 2.45) is 0 Å². The maximum Gasteiger partial charge on any atom is 0.255 e. The van der Waals surface area contributed by atoms with Gasteiger partial charge in [-0.05, 0) is 47.9 Å². The number of nitrogens with one attached hydrogen (secondary N) is 1. The van der Waals surface area contributed by atoms with Crippen molar-refractivity contribution in [2.75, 3.05) is 5.32 Å². The summed E-state index contributed by atoms with van der Waals surface area (Å²) >= 11 is 0. The summed E-state index contributed by atoms with van der Waals surface area (Å²) in [4.78, 5) is 12.4. The minimum atomic E-state index is -0.144. The first-order valence-corrected chi connectivity index (χ1v) is 8.41. The number of rotatable bonds is 6. The summed E-state index contributed by atoms with van der Waals surface area (Å²) < 4.78 is 5.78. The number of aryl methyl sites for hydroxylation is 1. The van der Waals surface area contributed by atoms with Crippen LogP contribution in [0.2, 0.25) is 0 Å². The van der Waals surface area contributed by atoms with Crippen molar-refractivity contribution in [3.05, 3.63) is 95.6 Å². The first-order valence-electron chi connectivity index (χ1n) is 8.41. The van der Waals surface area contributed by atoms with Crippen LogP contribution in [0.25, 0.3) is 0 Å². The normalized spacial score (nSPS) is 10.3. The molecule has 0 atom stereocenters. The Labute approximate surface area is 148 Å². The van der Waals surface area contributed by atoms with Crippen LogP contribution in [0.4, 0.5) is 5.69 Å². The van der Waals surface area contributed by atoms with Gasteiger partial charge in [0.1, 0.15) is 12.4 Å². The van der Waals surface area contributed by atoms with Gasteiger partial charge >= 0.3 is 0 Å². The summed E-state index contributed by atoms with van der Waals surface area (Å²) in [5, 5.41) is 2.92. The molecule has 0 heterocycles. The lowest BCUT2D eigenvalue weighted by Crippen LogP contribution is -2.12. The van der Waals surface area contributed by atoms with Crippen LogP contribution in [-0.4, -0.2) is 5.91 Å². The Balaban J connectivity index is 1.64. The van der Waals surface area contributed by atoms with Crippen LogP contribution < -0.4 is 10.1 Å². The number of ether oxygens (including phenoxy) is 1. The van der Waals surface area contributed by atoms with Gasteiger partial charge in [0.05, 0.1) is 0 Å². The summed E-state index contributed by atoms with van der Waals surface area (Å²) in [6.07, 6.45) is 0.981. The largest absolute Gasteiger partial charge is 0.489 e. The molecule has 1 N–H and O–H groups in total. The molecule has 0 bridgehead atoms. The van der Waals surface area contributed by atoms with Gasteiger partial charge in [-0.15, -0.1) is 0 Å². The monoisotopic (exact) mass is 331 g/mol. The van der Waals surface area contributed by atoms with Gasteiger partial charge in [-0.25, -0.2) is 0 Å². The van der Waals surface area contributed by atoms with Crippen molar-refractivity contribution in [3.8, 4) is 5.75 Å². The molecule has 0 saturated heterocycles. The maximum atomic E-state index is 12.4. The number of hydrogen-bond donors (Lipinski definition) is 1. The molecule has 0 aliphatic carbocycles. The molecule has 3 aromatic carbocycles. The molecule has 0 aliphatic heterocycles. The molecule has 3 rings (SSSR count). The maximum absolute atomic E-state index is 12.4. The van der Waals surface area contributed by atoms with Crippen LogP contribution in [0.5, 0.6) is 5.75 Å². The molecule has 0 aliphatic rings. The Morgan fingerprint density at radius 1 is 0.880 bits per heavy atom. The zero-order valence-corrected chi connectivity index (χ0v) is 14.2. The summed E-state index contributed by atoms with van der Waals surface area (Å²) in [5.74, 6) is 0.534. The van der Waals surface area contributed by atoms with Gasteiger partial charge in [0.25, 0.3) is 5.91 Å². The third-order valence-electron chi connectivity index (χ3n) is 3.96. The van der Waals surface area contributed by atoms with Gasteiger partial charge in [0, 0.05) is 11.3 Å². The van der Waals surface area contributed by atoms with Crippen LogP contribution in [-0.2, 0) is 13.0 Å². The van der Waals surface area contributed by atoms with E-state index >= 15 is 0 Å². The Morgan fingerprint density at radius 3 is 2.36 bits per heavy atom. The van der Waals surface area contributed by atoms with E-state index in [-0.39, 0.29) is 5.91 Å². The molecule has 0 fully saturated rings. The van der Waals surface area contributed by atoms with Gasteiger partial charge in [0.2, 0.25) is 0 Å². The Hall–Kier alpha value is -3.07. The van der Waals surface area contributed by atoms with Crippen molar-refractivity contribution in [1.82, 2.24) is 0 Å². The first kappa shape index (κ1) is 16.8. The molecule has 126 valence electrons. The number of hydrogen-bond acceptors (Lipinski definition) is 2. The van der Waals surface area contributed by atoms with Gasteiger partial charge in [-0.3, -0.25) is 4.79 Å². The molecule has 0 saturated carbocycles. The van der Waals surface area contributed by atoms with Gasteiger partial charge in [-0.1, -0.05) is 55.5 Å². The van der Waals surface area contributed by atoms with Crippen molar-refractivity contribution in [1.29, 1.82) is 0 Å². The zero-order chi connectivity index (χ0) is 17.5.